The minimum absolute atomic E-state index is 0.0204. The third kappa shape index (κ3) is 4.05. The highest BCUT2D eigenvalue weighted by Gasteiger charge is 2.45. The summed E-state index contributed by atoms with van der Waals surface area (Å²) in [4.78, 5) is 27.2. The molecule has 6 heteroatoms. The Morgan fingerprint density at radius 2 is 1.65 bits per heavy atom. The van der Waals surface area contributed by atoms with Crippen molar-refractivity contribution in [1.29, 1.82) is 0 Å². The number of aliphatic hydroxyl groups excluding tert-OH is 1. The number of aromatic hydroxyl groups is 1. The Morgan fingerprint density at radius 3 is 2.32 bits per heavy atom. The van der Waals surface area contributed by atoms with Gasteiger partial charge in [-0.15, -0.1) is 0 Å². The highest BCUT2D eigenvalue weighted by atomic mass is 19.1. The van der Waals surface area contributed by atoms with Crippen molar-refractivity contribution in [2.24, 2.45) is 0 Å². The van der Waals surface area contributed by atoms with E-state index < -0.39 is 23.5 Å². The van der Waals surface area contributed by atoms with E-state index in [1.807, 2.05) is 30.3 Å². The van der Waals surface area contributed by atoms with Crippen LogP contribution in [-0.4, -0.2) is 33.3 Å². The van der Waals surface area contributed by atoms with Crippen molar-refractivity contribution in [2.75, 3.05) is 6.54 Å². The second-order valence-corrected chi connectivity index (χ2v) is 7.33. The van der Waals surface area contributed by atoms with E-state index in [0.717, 1.165) is 5.56 Å². The number of aliphatic hydroxyl groups is 1. The van der Waals surface area contributed by atoms with E-state index in [4.69, 9.17) is 0 Å². The molecule has 1 aliphatic heterocycles. The van der Waals surface area contributed by atoms with Crippen LogP contribution in [0.15, 0.2) is 84.4 Å². The topological polar surface area (TPSA) is 77.8 Å². The number of amides is 1. The van der Waals surface area contributed by atoms with Gasteiger partial charge in [0, 0.05) is 12.1 Å². The predicted molar refractivity (Wildman–Crippen MR) is 114 cm³/mol. The van der Waals surface area contributed by atoms with Crippen LogP contribution in [0.4, 0.5) is 4.39 Å². The maximum Gasteiger partial charge on any atom is 0.295 e. The zero-order valence-corrected chi connectivity index (χ0v) is 16.5. The van der Waals surface area contributed by atoms with Gasteiger partial charge in [0.2, 0.25) is 0 Å². The summed E-state index contributed by atoms with van der Waals surface area (Å²) in [6.45, 7) is 0.245. The number of nitrogens with zero attached hydrogens (tertiary/aromatic N) is 1. The molecule has 5 nitrogen and oxygen atoms in total. The molecule has 3 aromatic carbocycles. The number of phenols is 1. The van der Waals surface area contributed by atoms with Crippen LogP contribution >= 0.6 is 0 Å². The summed E-state index contributed by atoms with van der Waals surface area (Å²) in [5, 5.41) is 20.9. The molecule has 0 aliphatic carbocycles. The Hall–Kier alpha value is -3.93. The first-order chi connectivity index (χ1) is 15.0. The van der Waals surface area contributed by atoms with Crippen molar-refractivity contribution in [2.45, 2.75) is 12.5 Å². The van der Waals surface area contributed by atoms with Gasteiger partial charge in [0.25, 0.3) is 11.7 Å². The third-order valence-corrected chi connectivity index (χ3v) is 5.33. The standard InChI is InChI=1S/C25H20FNO4/c26-19-11-9-17(10-12-19)23(29)21-22(18-7-4-8-20(28)15-18)27(25(31)24(21)30)14-13-16-5-2-1-3-6-16/h1-12,15,22,28-29H,13-14H2/b23-21+. The van der Waals surface area contributed by atoms with E-state index >= 15 is 0 Å². The quantitative estimate of drug-likeness (QED) is 0.371. The summed E-state index contributed by atoms with van der Waals surface area (Å²) in [5.74, 6) is -2.43. The summed E-state index contributed by atoms with van der Waals surface area (Å²) in [6.07, 6.45) is 0.514. The van der Waals surface area contributed by atoms with Gasteiger partial charge >= 0.3 is 0 Å². The van der Waals surface area contributed by atoms with Gasteiger partial charge in [0.05, 0.1) is 11.6 Å². The van der Waals surface area contributed by atoms with E-state index in [-0.39, 0.29) is 29.2 Å². The Bertz CT molecular complexity index is 1160. The molecule has 3 aromatic rings. The van der Waals surface area contributed by atoms with Crippen molar-refractivity contribution in [3.05, 3.63) is 107 Å². The van der Waals surface area contributed by atoms with Gasteiger partial charge < -0.3 is 15.1 Å². The summed E-state index contributed by atoms with van der Waals surface area (Å²) in [7, 11) is 0. The van der Waals surface area contributed by atoms with E-state index in [0.29, 0.717) is 12.0 Å². The zero-order valence-electron chi connectivity index (χ0n) is 16.5. The van der Waals surface area contributed by atoms with Gasteiger partial charge in [-0.1, -0.05) is 42.5 Å². The maximum atomic E-state index is 13.3. The van der Waals surface area contributed by atoms with Crippen molar-refractivity contribution in [3.8, 4) is 5.75 Å². The monoisotopic (exact) mass is 417 g/mol. The van der Waals surface area contributed by atoms with Crippen LogP contribution < -0.4 is 0 Å². The molecule has 1 atom stereocenters. The fourth-order valence-electron chi connectivity index (χ4n) is 3.81. The molecule has 0 bridgehead atoms. The number of hydrogen-bond donors (Lipinski definition) is 2. The smallest absolute Gasteiger partial charge is 0.295 e. The molecule has 0 spiro atoms. The molecule has 1 fully saturated rings. The second kappa shape index (κ2) is 8.44. The number of Topliss-reactive ketones (excluding diaryl/α,β-unsaturated/α-hetero) is 1. The molecule has 0 saturated carbocycles. The lowest BCUT2D eigenvalue weighted by Crippen LogP contribution is -2.31. The second-order valence-electron chi connectivity index (χ2n) is 7.33. The summed E-state index contributed by atoms with van der Waals surface area (Å²) in [5.41, 5.74) is 1.64. The van der Waals surface area contributed by atoms with Gasteiger partial charge in [-0.3, -0.25) is 9.59 Å². The van der Waals surface area contributed by atoms with Gasteiger partial charge in [-0.25, -0.2) is 4.39 Å². The van der Waals surface area contributed by atoms with E-state index in [2.05, 4.69) is 0 Å². The third-order valence-electron chi connectivity index (χ3n) is 5.33. The van der Waals surface area contributed by atoms with Crippen LogP contribution in [0.3, 0.4) is 0 Å². The largest absolute Gasteiger partial charge is 0.508 e. The molecule has 4 rings (SSSR count). The number of benzene rings is 3. The fraction of sp³-hybridized carbons (Fsp3) is 0.120. The molecule has 0 radical (unpaired) electrons. The summed E-state index contributed by atoms with van der Waals surface area (Å²) >= 11 is 0. The van der Waals surface area contributed by atoms with E-state index in [1.54, 1.807) is 12.1 Å². The van der Waals surface area contributed by atoms with Crippen LogP contribution in [0.25, 0.3) is 5.76 Å². The fourth-order valence-corrected chi connectivity index (χ4v) is 3.81. The molecule has 0 aromatic heterocycles. The van der Waals surface area contributed by atoms with E-state index in [9.17, 15) is 24.2 Å². The van der Waals surface area contributed by atoms with Gasteiger partial charge in [-0.2, -0.15) is 0 Å². The number of phenolic OH excluding ortho intramolecular Hbond substituents is 1. The molecular formula is C25H20FNO4. The lowest BCUT2D eigenvalue weighted by atomic mass is 9.95. The van der Waals surface area contributed by atoms with Crippen molar-refractivity contribution < 1.29 is 24.2 Å². The minimum atomic E-state index is -0.874. The average molecular weight is 417 g/mol. The molecule has 1 heterocycles. The Kier molecular flexibility index (Phi) is 5.54. The van der Waals surface area contributed by atoms with Crippen LogP contribution in [0.1, 0.15) is 22.7 Å². The Labute approximate surface area is 178 Å². The van der Waals surface area contributed by atoms with Crippen LogP contribution in [-0.2, 0) is 16.0 Å². The minimum Gasteiger partial charge on any atom is -0.508 e. The number of rotatable bonds is 5. The molecule has 1 saturated heterocycles. The Morgan fingerprint density at radius 1 is 0.935 bits per heavy atom. The molecule has 2 N–H and O–H groups in total. The number of likely N-dealkylation sites (tertiary alicyclic amines) is 1. The van der Waals surface area contributed by atoms with Crippen LogP contribution in [0, 0.1) is 5.82 Å². The first-order valence-corrected chi connectivity index (χ1v) is 9.83. The van der Waals surface area contributed by atoms with Crippen molar-refractivity contribution in [1.82, 2.24) is 4.90 Å². The number of carbonyl (C=O) groups excluding carboxylic acids is 2. The number of ketones is 1. The molecule has 1 aliphatic rings. The summed E-state index contributed by atoms with van der Waals surface area (Å²) in [6, 6.07) is 19.9. The van der Waals surface area contributed by atoms with Crippen LogP contribution in [0.5, 0.6) is 5.75 Å². The highest BCUT2D eigenvalue weighted by molar-refractivity contribution is 6.46. The number of carbonyl (C=O) groups is 2. The first kappa shape index (κ1) is 20.3. The first-order valence-electron chi connectivity index (χ1n) is 9.83. The van der Waals surface area contributed by atoms with Crippen molar-refractivity contribution >= 4 is 17.4 Å². The predicted octanol–water partition coefficient (Wildman–Crippen LogP) is 4.20. The van der Waals surface area contributed by atoms with E-state index in [1.165, 1.54) is 41.3 Å². The van der Waals surface area contributed by atoms with Crippen LogP contribution in [0.2, 0.25) is 0 Å². The van der Waals surface area contributed by atoms with Gasteiger partial charge in [0.15, 0.2) is 0 Å². The maximum absolute atomic E-state index is 13.3. The molecule has 1 amide bonds. The lowest BCUT2D eigenvalue weighted by molar-refractivity contribution is -0.139. The SMILES string of the molecule is O=C1C(=O)N(CCc2ccccc2)C(c2cccc(O)c2)/C1=C(\O)c1ccc(F)cc1. The van der Waals surface area contributed by atoms with Gasteiger partial charge in [-0.05, 0) is 53.9 Å². The van der Waals surface area contributed by atoms with Crippen molar-refractivity contribution in [3.63, 3.8) is 0 Å². The number of hydrogen-bond acceptors (Lipinski definition) is 4. The summed E-state index contributed by atoms with van der Waals surface area (Å²) < 4.78 is 13.3. The molecule has 156 valence electrons. The number of halogens is 1. The normalized spacial score (nSPS) is 17.8. The van der Waals surface area contributed by atoms with Gasteiger partial charge in [0.1, 0.15) is 17.3 Å². The molecular weight excluding hydrogens is 397 g/mol. The Balaban J connectivity index is 1.79. The zero-order chi connectivity index (χ0) is 22.0. The lowest BCUT2D eigenvalue weighted by Gasteiger charge is -2.25. The molecule has 31 heavy (non-hydrogen) atoms. The highest BCUT2D eigenvalue weighted by Crippen LogP contribution is 2.40. The average Bonchev–Trinajstić information content (AvgIpc) is 3.03. The molecule has 1 unspecified atom stereocenters.